The molecule has 0 bridgehead atoms. The van der Waals surface area contributed by atoms with E-state index in [2.05, 4.69) is 20.5 Å². The fourth-order valence-electron chi connectivity index (χ4n) is 0.901. The van der Waals surface area contributed by atoms with E-state index in [1.165, 1.54) is 12.3 Å². The first-order valence-electron chi connectivity index (χ1n) is 3.78. The van der Waals surface area contributed by atoms with E-state index in [1.54, 1.807) is 6.07 Å². The molecule has 0 fully saturated rings. The zero-order valence-electron chi connectivity index (χ0n) is 7.02. The van der Waals surface area contributed by atoms with Crippen molar-refractivity contribution in [3.05, 3.63) is 24.2 Å². The van der Waals surface area contributed by atoms with Gasteiger partial charge in [-0.2, -0.15) is 4.98 Å². The van der Waals surface area contributed by atoms with Gasteiger partial charge >= 0.3 is 0 Å². The number of hydrogen-bond donors (Lipinski definition) is 3. The zero-order valence-corrected chi connectivity index (χ0v) is 7.02. The Bertz CT molecular complexity index is 433. The molecule has 0 aromatic carbocycles. The Balaban J connectivity index is 2.09. The second kappa shape index (κ2) is 3.21. The van der Waals surface area contributed by atoms with Gasteiger partial charge in [-0.15, -0.1) is 5.10 Å². The number of H-pyrrole nitrogens is 1. The van der Waals surface area contributed by atoms with Gasteiger partial charge in [0.15, 0.2) is 5.76 Å². The summed E-state index contributed by atoms with van der Waals surface area (Å²) >= 11 is 0. The molecule has 0 aliphatic carbocycles. The first-order chi connectivity index (χ1) is 6.75. The maximum atomic E-state index is 11.3. The predicted molar refractivity (Wildman–Crippen MR) is 47.5 cm³/mol. The molecule has 0 unspecified atom stereocenters. The van der Waals surface area contributed by atoms with Crippen molar-refractivity contribution >= 4 is 17.8 Å². The molecular formula is C7H7N5O2. The minimum Gasteiger partial charge on any atom is -0.459 e. The number of nitrogens with zero attached hydrogens (tertiary/aromatic N) is 2. The highest BCUT2D eigenvalue weighted by Crippen LogP contribution is 2.04. The lowest BCUT2D eigenvalue weighted by Crippen LogP contribution is -2.11. The van der Waals surface area contributed by atoms with Gasteiger partial charge in [-0.25, -0.2) is 5.10 Å². The smallest absolute Gasteiger partial charge is 0.293 e. The number of carbonyl (C=O) groups excluding carboxylic acids is 1. The first-order valence-corrected chi connectivity index (χ1v) is 3.78. The van der Waals surface area contributed by atoms with Gasteiger partial charge in [-0.3, -0.25) is 10.1 Å². The number of carbonyl (C=O) groups is 1. The van der Waals surface area contributed by atoms with Crippen LogP contribution in [0.2, 0.25) is 0 Å². The molecule has 0 atom stereocenters. The number of nitrogens with two attached hydrogens (primary N) is 1. The Labute approximate surface area is 78.3 Å². The second-order valence-corrected chi connectivity index (χ2v) is 2.48. The van der Waals surface area contributed by atoms with E-state index >= 15 is 0 Å². The van der Waals surface area contributed by atoms with Crippen LogP contribution in [0.1, 0.15) is 10.6 Å². The van der Waals surface area contributed by atoms with Crippen LogP contribution in [0.3, 0.4) is 0 Å². The third-order valence-corrected chi connectivity index (χ3v) is 1.47. The van der Waals surface area contributed by atoms with E-state index in [0.29, 0.717) is 0 Å². The fraction of sp³-hybridized carbons (Fsp3) is 0. The summed E-state index contributed by atoms with van der Waals surface area (Å²) in [5.41, 5.74) is 5.27. The summed E-state index contributed by atoms with van der Waals surface area (Å²) in [5.74, 6) is 0.0195. The summed E-state index contributed by atoms with van der Waals surface area (Å²) in [6, 6.07) is 3.15. The van der Waals surface area contributed by atoms with Crippen molar-refractivity contribution in [3.63, 3.8) is 0 Å². The van der Waals surface area contributed by atoms with Gasteiger partial charge in [0, 0.05) is 0 Å². The van der Waals surface area contributed by atoms with Crippen LogP contribution in [0.25, 0.3) is 0 Å². The van der Waals surface area contributed by atoms with Gasteiger partial charge < -0.3 is 10.2 Å². The number of nitrogen functional groups attached to an aromatic ring is 1. The molecule has 72 valence electrons. The highest BCUT2D eigenvalue weighted by Gasteiger charge is 2.10. The molecule has 4 N–H and O–H groups in total. The van der Waals surface area contributed by atoms with E-state index < -0.39 is 5.91 Å². The van der Waals surface area contributed by atoms with Gasteiger partial charge in [0.2, 0.25) is 5.95 Å². The Kier molecular flexibility index (Phi) is 1.90. The molecule has 0 aliphatic rings. The summed E-state index contributed by atoms with van der Waals surface area (Å²) < 4.78 is 4.87. The van der Waals surface area contributed by atoms with Gasteiger partial charge in [-0.1, -0.05) is 0 Å². The van der Waals surface area contributed by atoms with E-state index in [4.69, 9.17) is 10.2 Å². The standard InChI is InChI=1S/C7H7N5O2/c8-6-10-7(12-11-6)9-5(13)4-2-1-3-14-4/h1-3H,(H4,8,9,10,11,12,13). The summed E-state index contributed by atoms with van der Waals surface area (Å²) in [6.07, 6.45) is 1.40. The molecule has 14 heavy (non-hydrogen) atoms. The molecule has 0 saturated heterocycles. The summed E-state index contributed by atoms with van der Waals surface area (Å²) in [5, 5.41) is 8.42. The van der Waals surface area contributed by atoms with E-state index in [9.17, 15) is 4.79 Å². The Morgan fingerprint density at radius 1 is 1.64 bits per heavy atom. The first kappa shape index (κ1) is 8.30. The number of aromatic amines is 1. The minimum absolute atomic E-state index is 0.115. The van der Waals surface area contributed by atoms with E-state index in [-0.39, 0.29) is 17.7 Å². The molecule has 2 aromatic heterocycles. The fourth-order valence-corrected chi connectivity index (χ4v) is 0.901. The molecule has 1 amide bonds. The quantitative estimate of drug-likeness (QED) is 0.632. The molecule has 0 saturated carbocycles. The molecule has 0 aliphatic heterocycles. The van der Waals surface area contributed by atoms with Crippen molar-refractivity contribution in [3.8, 4) is 0 Å². The van der Waals surface area contributed by atoms with Gasteiger partial charge in [0.1, 0.15) is 0 Å². The van der Waals surface area contributed by atoms with Crippen molar-refractivity contribution in [2.45, 2.75) is 0 Å². The maximum Gasteiger partial charge on any atom is 0.293 e. The molecule has 2 heterocycles. The Hall–Kier alpha value is -2.31. The highest BCUT2D eigenvalue weighted by molar-refractivity contribution is 6.01. The van der Waals surface area contributed by atoms with Crippen LogP contribution in [0.4, 0.5) is 11.9 Å². The number of nitrogens with one attached hydrogen (secondary N) is 2. The van der Waals surface area contributed by atoms with Crippen LogP contribution in [0, 0.1) is 0 Å². The molecular weight excluding hydrogens is 186 g/mol. The molecule has 7 nitrogen and oxygen atoms in total. The van der Waals surface area contributed by atoms with E-state index in [0.717, 1.165) is 0 Å². The number of anilines is 2. The zero-order chi connectivity index (χ0) is 9.97. The predicted octanol–water partition coefficient (Wildman–Crippen LogP) is 0.232. The van der Waals surface area contributed by atoms with Crippen molar-refractivity contribution in [1.82, 2.24) is 15.2 Å². The monoisotopic (exact) mass is 193 g/mol. The Morgan fingerprint density at radius 2 is 2.50 bits per heavy atom. The molecule has 7 heteroatoms. The van der Waals surface area contributed by atoms with Crippen LogP contribution in [-0.2, 0) is 0 Å². The summed E-state index contributed by atoms with van der Waals surface area (Å²) in [6.45, 7) is 0. The van der Waals surface area contributed by atoms with Crippen molar-refractivity contribution in [2.24, 2.45) is 0 Å². The largest absolute Gasteiger partial charge is 0.459 e. The molecule has 0 radical (unpaired) electrons. The number of amides is 1. The summed E-state index contributed by atoms with van der Waals surface area (Å²) in [7, 11) is 0. The summed E-state index contributed by atoms with van der Waals surface area (Å²) in [4.78, 5) is 15.0. The van der Waals surface area contributed by atoms with Crippen molar-refractivity contribution in [2.75, 3.05) is 11.1 Å². The number of hydrogen-bond acceptors (Lipinski definition) is 5. The SMILES string of the molecule is Nc1nc(NC(=O)c2ccco2)n[nH]1. The van der Waals surface area contributed by atoms with E-state index in [1.807, 2.05) is 0 Å². The van der Waals surface area contributed by atoms with Gasteiger partial charge in [0.05, 0.1) is 6.26 Å². The molecule has 0 spiro atoms. The van der Waals surface area contributed by atoms with Crippen molar-refractivity contribution in [1.29, 1.82) is 0 Å². The average molecular weight is 193 g/mol. The number of aromatic nitrogens is 3. The normalized spacial score (nSPS) is 10.0. The third-order valence-electron chi connectivity index (χ3n) is 1.47. The minimum atomic E-state index is -0.422. The molecule has 2 aromatic rings. The lowest BCUT2D eigenvalue weighted by molar-refractivity contribution is 0.0996. The third kappa shape index (κ3) is 1.56. The lowest BCUT2D eigenvalue weighted by atomic mass is 10.4. The van der Waals surface area contributed by atoms with Crippen LogP contribution >= 0.6 is 0 Å². The van der Waals surface area contributed by atoms with Crippen LogP contribution in [0.15, 0.2) is 22.8 Å². The Morgan fingerprint density at radius 3 is 3.07 bits per heavy atom. The maximum absolute atomic E-state index is 11.3. The number of rotatable bonds is 2. The van der Waals surface area contributed by atoms with Crippen molar-refractivity contribution < 1.29 is 9.21 Å². The average Bonchev–Trinajstić information content (AvgIpc) is 2.75. The topological polar surface area (TPSA) is 110 Å². The van der Waals surface area contributed by atoms with Gasteiger partial charge in [0.25, 0.3) is 11.9 Å². The highest BCUT2D eigenvalue weighted by atomic mass is 16.3. The van der Waals surface area contributed by atoms with Crippen LogP contribution in [0.5, 0.6) is 0 Å². The second-order valence-electron chi connectivity index (χ2n) is 2.48. The van der Waals surface area contributed by atoms with Gasteiger partial charge in [-0.05, 0) is 12.1 Å². The van der Waals surface area contributed by atoms with Crippen LogP contribution in [-0.4, -0.2) is 21.1 Å². The lowest BCUT2D eigenvalue weighted by Gasteiger charge is -1.94. The van der Waals surface area contributed by atoms with Crippen LogP contribution < -0.4 is 11.1 Å². The number of furan rings is 1. The molecule has 2 rings (SSSR count).